The highest BCUT2D eigenvalue weighted by Crippen LogP contribution is 2.11. The van der Waals surface area contributed by atoms with Gasteiger partial charge >= 0.3 is 0 Å². The number of nitrogens with one attached hydrogen (secondary N) is 1. The second kappa shape index (κ2) is 5.55. The number of aryl methyl sites for hydroxylation is 1. The molecule has 0 amide bonds. The van der Waals surface area contributed by atoms with Gasteiger partial charge in [0.25, 0.3) is 0 Å². The standard InChI is InChI=1S/C14H17N3/c1-11-7-13(9-16-8-11)10-17-12(2)14-3-5-15-6-4-14/h3-9,12,17H,10H2,1-2H3. The highest BCUT2D eigenvalue weighted by molar-refractivity contribution is 5.18. The third-order valence-electron chi connectivity index (χ3n) is 2.75. The summed E-state index contributed by atoms with van der Waals surface area (Å²) in [6.07, 6.45) is 7.42. The summed E-state index contributed by atoms with van der Waals surface area (Å²) >= 11 is 0. The van der Waals surface area contributed by atoms with Gasteiger partial charge in [-0.15, -0.1) is 0 Å². The van der Waals surface area contributed by atoms with Crippen LogP contribution in [0.3, 0.4) is 0 Å². The molecule has 0 radical (unpaired) electrons. The van der Waals surface area contributed by atoms with Crippen LogP contribution in [0, 0.1) is 6.92 Å². The van der Waals surface area contributed by atoms with Crippen LogP contribution in [0.4, 0.5) is 0 Å². The van der Waals surface area contributed by atoms with Gasteiger partial charge in [-0.1, -0.05) is 6.07 Å². The van der Waals surface area contributed by atoms with E-state index in [0.29, 0.717) is 6.04 Å². The second-order valence-electron chi connectivity index (χ2n) is 4.25. The lowest BCUT2D eigenvalue weighted by molar-refractivity contribution is 0.573. The van der Waals surface area contributed by atoms with Crippen LogP contribution < -0.4 is 5.32 Å². The van der Waals surface area contributed by atoms with Crippen LogP contribution in [0.25, 0.3) is 0 Å². The molecule has 0 spiro atoms. The summed E-state index contributed by atoms with van der Waals surface area (Å²) < 4.78 is 0. The van der Waals surface area contributed by atoms with Gasteiger partial charge in [-0.05, 0) is 42.7 Å². The first-order chi connectivity index (χ1) is 8.25. The maximum atomic E-state index is 4.18. The van der Waals surface area contributed by atoms with Crippen molar-refractivity contribution in [2.45, 2.75) is 26.4 Å². The Labute approximate surface area is 102 Å². The molecule has 1 atom stereocenters. The predicted molar refractivity (Wildman–Crippen MR) is 68.5 cm³/mol. The fraction of sp³-hybridized carbons (Fsp3) is 0.286. The molecule has 0 bridgehead atoms. The van der Waals surface area contributed by atoms with E-state index in [1.165, 1.54) is 16.7 Å². The van der Waals surface area contributed by atoms with Crippen LogP contribution in [0.5, 0.6) is 0 Å². The number of pyridine rings is 2. The van der Waals surface area contributed by atoms with E-state index in [-0.39, 0.29) is 0 Å². The number of aromatic nitrogens is 2. The highest BCUT2D eigenvalue weighted by atomic mass is 14.9. The van der Waals surface area contributed by atoms with Crippen molar-refractivity contribution in [1.82, 2.24) is 15.3 Å². The highest BCUT2D eigenvalue weighted by Gasteiger charge is 2.04. The summed E-state index contributed by atoms with van der Waals surface area (Å²) in [5, 5.41) is 3.47. The van der Waals surface area contributed by atoms with Gasteiger partial charge in [0.05, 0.1) is 0 Å². The van der Waals surface area contributed by atoms with Gasteiger partial charge in [0.2, 0.25) is 0 Å². The minimum atomic E-state index is 0.318. The molecular formula is C14H17N3. The third kappa shape index (κ3) is 3.36. The fourth-order valence-electron chi connectivity index (χ4n) is 1.76. The maximum absolute atomic E-state index is 4.18. The van der Waals surface area contributed by atoms with Crippen LogP contribution in [0.1, 0.15) is 29.7 Å². The topological polar surface area (TPSA) is 37.8 Å². The lowest BCUT2D eigenvalue weighted by Crippen LogP contribution is -2.18. The van der Waals surface area contributed by atoms with Crippen molar-refractivity contribution in [2.75, 3.05) is 0 Å². The van der Waals surface area contributed by atoms with Gasteiger partial charge in [-0.2, -0.15) is 0 Å². The molecule has 0 aliphatic rings. The summed E-state index contributed by atoms with van der Waals surface area (Å²) in [5.41, 5.74) is 3.66. The first-order valence-electron chi connectivity index (χ1n) is 5.79. The Bertz CT molecular complexity index is 468. The Kier molecular flexibility index (Phi) is 3.83. The van der Waals surface area contributed by atoms with Crippen molar-refractivity contribution >= 4 is 0 Å². The zero-order valence-corrected chi connectivity index (χ0v) is 10.2. The Hall–Kier alpha value is -1.74. The lowest BCUT2D eigenvalue weighted by Gasteiger charge is -2.13. The number of hydrogen-bond acceptors (Lipinski definition) is 3. The Morgan fingerprint density at radius 3 is 2.65 bits per heavy atom. The maximum Gasteiger partial charge on any atom is 0.0313 e. The van der Waals surface area contributed by atoms with Gasteiger partial charge in [-0.3, -0.25) is 9.97 Å². The van der Waals surface area contributed by atoms with E-state index in [9.17, 15) is 0 Å². The second-order valence-corrected chi connectivity index (χ2v) is 4.25. The summed E-state index contributed by atoms with van der Waals surface area (Å²) in [5.74, 6) is 0. The molecule has 0 saturated heterocycles. The van der Waals surface area contributed by atoms with Crippen LogP contribution in [-0.4, -0.2) is 9.97 Å². The van der Waals surface area contributed by atoms with Crippen LogP contribution in [0.15, 0.2) is 43.0 Å². The third-order valence-corrected chi connectivity index (χ3v) is 2.75. The molecule has 0 aromatic carbocycles. The van der Waals surface area contributed by atoms with Crippen molar-refractivity contribution < 1.29 is 0 Å². The molecule has 2 aromatic rings. The molecule has 0 aliphatic heterocycles. The van der Waals surface area contributed by atoms with Gasteiger partial charge in [0, 0.05) is 37.4 Å². The normalized spacial score (nSPS) is 12.4. The first kappa shape index (κ1) is 11.7. The number of rotatable bonds is 4. The molecule has 17 heavy (non-hydrogen) atoms. The summed E-state index contributed by atoms with van der Waals surface area (Å²) in [6, 6.07) is 6.54. The van der Waals surface area contributed by atoms with Gasteiger partial charge in [-0.25, -0.2) is 0 Å². The molecule has 0 fully saturated rings. The van der Waals surface area contributed by atoms with Crippen LogP contribution in [0.2, 0.25) is 0 Å². The van der Waals surface area contributed by atoms with Crippen molar-refractivity contribution in [1.29, 1.82) is 0 Å². The summed E-state index contributed by atoms with van der Waals surface area (Å²) in [6.45, 7) is 5.04. The molecular weight excluding hydrogens is 210 g/mol. The van der Waals surface area contributed by atoms with E-state index in [0.717, 1.165) is 6.54 Å². The molecule has 2 heterocycles. The molecule has 1 N–H and O–H groups in total. The molecule has 2 rings (SSSR count). The lowest BCUT2D eigenvalue weighted by atomic mass is 10.1. The van der Waals surface area contributed by atoms with Crippen LogP contribution in [-0.2, 0) is 6.54 Å². The molecule has 3 heteroatoms. The van der Waals surface area contributed by atoms with E-state index >= 15 is 0 Å². The average Bonchev–Trinajstić information content (AvgIpc) is 2.37. The number of nitrogens with zero attached hydrogens (tertiary/aromatic N) is 2. The van der Waals surface area contributed by atoms with Crippen molar-refractivity contribution in [3.05, 3.63) is 59.7 Å². The van der Waals surface area contributed by atoms with Crippen LogP contribution >= 0.6 is 0 Å². The molecule has 3 nitrogen and oxygen atoms in total. The Morgan fingerprint density at radius 1 is 1.18 bits per heavy atom. The fourth-order valence-corrected chi connectivity index (χ4v) is 1.76. The largest absolute Gasteiger partial charge is 0.306 e. The molecule has 0 aliphatic carbocycles. The predicted octanol–water partition coefficient (Wildman–Crippen LogP) is 2.64. The minimum absolute atomic E-state index is 0.318. The Balaban J connectivity index is 1.95. The van der Waals surface area contributed by atoms with Gasteiger partial charge < -0.3 is 5.32 Å². The number of hydrogen-bond donors (Lipinski definition) is 1. The van der Waals surface area contributed by atoms with E-state index in [1.807, 2.05) is 36.9 Å². The smallest absolute Gasteiger partial charge is 0.0313 e. The van der Waals surface area contributed by atoms with E-state index in [2.05, 4.69) is 35.2 Å². The average molecular weight is 227 g/mol. The van der Waals surface area contributed by atoms with Crippen molar-refractivity contribution in [3.63, 3.8) is 0 Å². The van der Waals surface area contributed by atoms with E-state index < -0.39 is 0 Å². The Morgan fingerprint density at radius 2 is 1.94 bits per heavy atom. The van der Waals surface area contributed by atoms with E-state index in [4.69, 9.17) is 0 Å². The zero-order chi connectivity index (χ0) is 12.1. The van der Waals surface area contributed by atoms with Crippen molar-refractivity contribution in [3.8, 4) is 0 Å². The quantitative estimate of drug-likeness (QED) is 0.872. The molecule has 88 valence electrons. The molecule has 1 unspecified atom stereocenters. The monoisotopic (exact) mass is 227 g/mol. The summed E-state index contributed by atoms with van der Waals surface area (Å²) in [7, 11) is 0. The zero-order valence-electron chi connectivity index (χ0n) is 10.2. The van der Waals surface area contributed by atoms with Gasteiger partial charge in [0.1, 0.15) is 0 Å². The minimum Gasteiger partial charge on any atom is -0.306 e. The SMILES string of the molecule is Cc1cncc(CNC(C)c2ccncc2)c1. The molecule has 2 aromatic heterocycles. The molecule has 0 saturated carbocycles. The van der Waals surface area contributed by atoms with Gasteiger partial charge in [0.15, 0.2) is 0 Å². The summed E-state index contributed by atoms with van der Waals surface area (Å²) in [4.78, 5) is 8.20. The van der Waals surface area contributed by atoms with E-state index in [1.54, 1.807) is 0 Å². The van der Waals surface area contributed by atoms with Crippen molar-refractivity contribution in [2.24, 2.45) is 0 Å². The first-order valence-corrected chi connectivity index (χ1v) is 5.79.